The van der Waals surface area contributed by atoms with Crippen molar-refractivity contribution in [3.05, 3.63) is 35.3 Å². The minimum atomic E-state index is -0.477. The van der Waals surface area contributed by atoms with Gasteiger partial charge in [0, 0.05) is 12.8 Å². The molecule has 0 fully saturated rings. The smallest absolute Gasteiger partial charge is 0.373 e. The molecule has 0 saturated carbocycles. The van der Waals surface area contributed by atoms with Crippen LogP contribution in [0, 0.1) is 0 Å². The third-order valence-corrected chi connectivity index (χ3v) is 2.78. The number of ether oxygens (including phenoxy) is 1. The molecule has 0 aromatic carbocycles. The van der Waals surface area contributed by atoms with E-state index in [0.717, 1.165) is 24.5 Å². The number of nitrogens with zero attached hydrogens (tertiary/aromatic N) is 3. The molecule has 0 radical (unpaired) electrons. The normalized spacial score (nSPS) is 10.7. The van der Waals surface area contributed by atoms with Crippen LogP contribution in [-0.2, 0) is 24.1 Å². The number of hydrogen-bond donors (Lipinski definition) is 0. The lowest BCUT2D eigenvalue weighted by atomic mass is 10.4. The maximum Gasteiger partial charge on any atom is 0.373 e. The Hall–Kier alpha value is -2.11. The van der Waals surface area contributed by atoms with Crippen molar-refractivity contribution in [3.63, 3.8) is 0 Å². The molecule has 102 valence electrons. The average molecular weight is 263 g/mol. The van der Waals surface area contributed by atoms with Crippen molar-refractivity contribution in [2.24, 2.45) is 0 Å². The first kappa shape index (κ1) is 13.3. The summed E-state index contributed by atoms with van der Waals surface area (Å²) in [5.41, 5.74) is 0. The van der Waals surface area contributed by atoms with Gasteiger partial charge in [-0.25, -0.2) is 14.5 Å². The summed E-state index contributed by atoms with van der Waals surface area (Å²) in [5.74, 6) is 2.10. The number of aromatic nitrogens is 3. The fourth-order valence-corrected chi connectivity index (χ4v) is 1.78. The molecule has 0 unspecified atom stereocenters. The predicted octanol–water partition coefficient (Wildman–Crippen LogP) is 1.83. The average Bonchev–Trinajstić information content (AvgIpc) is 3.05. The summed E-state index contributed by atoms with van der Waals surface area (Å²) in [7, 11) is 1.32. The summed E-state index contributed by atoms with van der Waals surface area (Å²) in [6.07, 6.45) is 1.60. The van der Waals surface area contributed by atoms with E-state index in [2.05, 4.69) is 14.8 Å². The molecular formula is C13H17N3O3. The Kier molecular flexibility index (Phi) is 3.99. The zero-order valence-electron chi connectivity index (χ0n) is 11.3. The van der Waals surface area contributed by atoms with Crippen LogP contribution in [0.5, 0.6) is 0 Å². The van der Waals surface area contributed by atoms with Crippen molar-refractivity contribution in [3.8, 4) is 0 Å². The third-order valence-electron chi connectivity index (χ3n) is 2.78. The summed E-state index contributed by atoms with van der Waals surface area (Å²) >= 11 is 0. The molecule has 2 heterocycles. The monoisotopic (exact) mass is 263 g/mol. The number of carbonyl (C=O) groups is 1. The Bertz CT molecular complexity index is 571. The Morgan fingerprint density at radius 1 is 1.37 bits per heavy atom. The van der Waals surface area contributed by atoms with Crippen LogP contribution in [0.25, 0.3) is 0 Å². The topological polar surface area (TPSA) is 70.2 Å². The Labute approximate surface area is 111 Å². The summed E-state index contributed by atoms with van der Waals surface area (Å²) in [5, 5.41) is 4.40. The van der Waals surface area contributed by atoms with E-state index in [-0.39, 0.29) is 5.76 Å². The van der Waals surface area contributed by atoms with Crippen molar-refractivity contribution in [1.82, 2.24) is 14.8 Å². The lowest BCUT2D eigenvalue weighted by molar-refractivity contribution is 0.0562. The van der Waals surface area contributed by atoms with E-state index in [1.54, 1.807) is 16.8 Å². The number of methoxy groups -OCH3 is 1. The van der Waals surface area contributed by atoms with Gasteiger partial charge in [0.15, 0.2) is 5.82 Å². The van der Waals surface area contributed by atoms with Crippen LogP contribution in [0.4, 0.5) is 0 Å². The highest BCUT2D eigenvalue weighted by Gasteiger charge is 2.13. The predicted molar refractivity (Wildman–Crippen MR) is 67.9 cm³/mol. The number of esters is 1. The van der Waals surface area contributed by atoms with Gasteiger partial charge in [0.05, 0.1) is 7.11 Å². The van der Waals surface area contributed by atoms with Crippen LogP contribution >= 0.6 is 0 Å². The van der Waals surface area contributed by atoms with E-state index < -0.39 is 5.97 Å². The van der Waals surface area contributed by atoms with E-state index >= 15 is 0 Å². The molecule has 0 N–H and O–H groups in total. The summed E-state index contributed by atoms with van der Waals surface area (Å²) < 4.78 is 11.8. The summed E-state index contributed by atoms with van der Waals surface area (Å²) in [6.45, 7) is 4.51. The van der Waals surface area contributed by atoms with Crippen LogP contribution in [0.1, 0.15) is 41.8 Å². The SMILES string of the molecule is CCc1nc(CC)n(Cc2ccc(C(=O)OC)o2)n1. The Morgan fingerprint density at radius 3 is 2.79 bits per heavy atom. The minimum absolute atomic E-state index is 0.200. The summed E-state index contributed by atoms with van der Waals surface area (Å²) in [6, 6.07) is 3.35. The van der Waals surface area contributed by atoms with Gasteiger partial charge in [0.1, 0.15) is 18.1 Å². The van der Waals surface area contributed by atoms with E-state index in [1.807, 2.05) is 13.8 Å². The zero-order valence-corrected chi connectivity index (χ0v) is 11.3. The summed E-state index contributed by atoms with van der Waals surface area (Å²) in [4.78, 5) is 15.7. The number of carbonyl (C=O) groups excluding carboxylic acids is 1. The zero-order chi connectivity index (χ0) is 13.8. The highest BCUT2D eigenvalue weighted by Crippen LogP contribution is 2.12. The molecule has 6 heteroatoms. The van der Waals surface area contributed by atoms with Crippen LogP contribution < -0.4 is 0 Å². The van der Waals surface area contributed by atoms with Gasteiger partial charge >= 0.3 is 5.97 Å². The van der Waals surface area contributed by atoms with Crippen molar-refractivity contribution >= 4 is 5.97 Å². The highest BCUT2D eigenvalue weighted by atomic mass is 16.5. The first-order valence-corrected chi connectivity index (χ1v) is 6.27. The molecule has 2 aromatic heterocycles. The second kappa shape index (κ2) is 5.69. The fraction of sp³-hybridized carbons (Fsp3) is 0.462. The van der Waals surface area contributed by atoms with Crippen LogP contribution in [-0.4, -0.2) is 27.8 Å². The van der Waals surface area contributed by atoms with E-state index in [4.69, 9.17) is 4.42 Å². The van der Waals surface area contributed by atoms with Gasteiger partial charge in [0.2, 0.25) is 5.76 Å². The quantitative estimate of drug-likeness (QED) is 0.770. The maximum atomic E-state index is 11.3. The largest absolute Gasteiger partial charge is 0.463 e. The molecule has 0 spiro atoms. The molecule has 0 amide bonds. The second-order valence-corrected chi connectivity index (χ2v) is 4.07. The minimum Gasteiger partial charge on any atom is -0.463 e. The first-order chi connectivity index (χ1) is 9.17. The molecule has 0 aliphatic heterocycles. The van der Waals surface area contributed by atoms with Crippen LogP contribution in [0.15, 0.2) is 16.5 Å². The molecule has 19 heavy (non-hydrogen) atoms. The van der Waals surface area contributed by atoms with Gasteiger partial charge in [-0.3, -0.25) is 0 Å². The van der Waals surface area contributed by atoms with E-state index in [1.165, 1.54) is 7.11 Å². The van der Waals surface area contributed by atoms with E-state index in [9.17, 15) is 4.79 Å². The number of furan rings is 1. The van der Waals surface area contributed by atoms with Gasteiger partial charge < -0.3 is 9.15 Å². The highest BCUT2D eigenvalue weighted by molar-refractivity contribution is 5.86. The van der Waals surface area contributed by atoms with Gasteiger partial charge in [-0.15, -0.1) is 0 Å². The van der Waals surface area contributed by atoms with Crippen molar-refractivity contribution < 1.29 is 13.9 Å². The first-order valence-electron chi connectivity index (χ1n) is 6.27. The van der Waals surface area contributed by atoms with Gasteiger partial charge in [-0.1, -0.05) is 13.8 Å². The third kappa shape index (κ3) is 2.83. The Morgan fingerprint density at radius 2 is 2.16 bits per heavy atom. The standard InChI is InChI=1S/C13H17N3O3/c1-4-11-14-12(5-2)16(15-11)8-9-6-7-10(19-9)13(17)18-3/h6-7H,4-5,8H2,1-3H3. The van der Waals surface area contributed by atoms with E-state index in [0.29, 0.717) is 12.3 Å². The van der Waals surface area contributed by atoms with Crippen LogP contribution in [0.3, 0.4) is 0 Å². The number of aryl methyl sites for hydroxylation is 2. The van der Waals surface area contributed by atoms with Gasteiger partial charge in [-0.2, -0.15) is 5.10 Å². The number of hydrogen-bond acceptors (Lipinski definition) is 5. The van der Waals surface area contributed by atoms with Crippen LogP contribution in [0.2, 0.25) is 0 Å². The fourth-order valence-electron chi connectivity index (χ4n) is 1.78. The van der Waals surface area contributed by atoms with Gasteiger partial charge in [-0.05, 0) is 12.1 Å². The molecule has 0 saturated heterocycles. The molecule has 0 aliphatic rings. The lowest BCUT2D eigenvalue weighted by Gasteiger charge is -2.01. The molecular weight excluding hydrogens is 246 g/mol. The van der Waals surface area contributed by atoms with Gasteiger partial charge in [0.25, 0.3) is 0 Å². The van der Waals surface area contributed by atoms with Crippen molar-refractivity contribution in [1.29, 1.82) is 0 Å². The lowest BCUT2D eigenvalue weighted by Crippen LogP contribution is -2.06. The molecule has 0 atom stereocenters. The number of rotatable bonds is 5. The second-order valence-electron chi connectivity index (χ2n) is 4.07. The van der Waals surface area contributed by atoms with Crippen molar-refractivity contribution in [2.75, 3.05) is 7.11 Å². The molecule has 0 aliphatic carbocycles. The van der Waals surface area contributed by atoms with Crippen molar-refractivity contribution in [2.45, 2.75) is 33.2 Å². The Balaban J connectivity index is 2.18. The molecule has 2 rings (SSSR count). The molecule has 0 bridgehead atoms. The molecule has 2 aromatic rings. The molecule has 6 nitrogen and oxygen atoms in total. The maximum absolute atomic E-state index is 11.3.